The highest BCUT2D eigenvalue weighted by atomic mass is 35.5. The normalized spacial score (nSPS) is 50.6. The maximum Gasteiger partial charge on any atom is 0.314 e. The van der Waals surface area contributed by atoms with Crippen molar-refractivity contribution in [2.24, 2.45) is 17.8 Å². The summed E-state index contributed by atoms with van der Waals surface area (Å²) in [6.07, 6.45) is -2.96. The number of aliphatic hydroxyl groups is 4. The van der Waals surface area contributed by atoms with Crippen LogP contribution in [0.15, 0.2) is 54.1 Å². The molecule has 12 atom stereocenters. The summed E-state index contributed by atoms with van der Waals surface area (Å²) in [7, 11) is 0. The number of carbonyl (C=O) groups excluding carboxylic acids is 2. The molecule has 2 heterocycles. The topological polar surface area (TPSA) is 152 Å². The molecule has 0 amide bonds. The highest BCUT2D eigenvalue weighted by Crippen LogP contribution is 2.71. The minimum atomic E-state index is -2.66. The highest BCUT2D eigenvalue weighted by Gasteiger charge is 2.87. The Morgan fingerprint density at radius 3 is 2.40 bits per heavy atom. The first-order chi connectivity index (χ1) is 18.7. The van der Waals surface area contributed by atoms with Crippen molar-refractivity contribution in [3.05, 3.63) is 59.7 Å². The van der Waals surface area contributed by atoms with E-state index in [2.05, 4.69) is 6.58 Å². The number of halogens is 1. The molecule has 6 rings (SSSR count). The van der Waals surface area contributed by atoms with E-state index in [0.717, 1.165) is 0 Å². The fourth-order valence-electron chi connectivity index (χ4n) is 8.11. The molecule has 2 saturated carbocycles. The number of ether oxygens (including phenoxy) is 4. The minimum Gasteiger partial charge on any atom is -0.459 e. The molecule has 3 aliphatic carbocycles. The average Bonchev–Trinajstić information content (AvgIpc) is 3.31. The van der Waals surface area contributed by atoms with E-state index in [1.54, 1.807) is 44.2 Å². The van der Waals surface area contributed by atoms with Crippen molar-refractivity contribution in [3.63, 3.8) is 0 Å². The van der Waals surface area contributed by atoms with Crippen molar-refractivity contribution < 1.29 is 49.0 Å². The van der Waals surface area contributed by atoms with Crippen LogP contribution in [0.3, 0.4) is 0 Å². The first kappa shape index (κ1) is 28.0. The molecular weight excluding hydrogens is 544 g/mol. The molecule has 216 valence electrons. The minimum absolute atomic E-state index is 0.123. The number of ketones is 1. The fourth-order valence-corrected chi connectivity index (χ4v) is 8.62. The zero-order valence-electron chi connectivity index (χ0n) is 22.5. The Morgan fingerprint density at radius 1 is 1.18 bits per heavy atom. The van der Waals surface area contributed by atoms with Crippen LogP contribution in [0.2, 0.25) is 0 Å². The van der Waals surface area contributed by atoms with Crippen LogP contribution in [-0.2, 0) is 34.5 Å². The Hall–Kier alpha value is -2.15. The Balaban J connectivity index is 1.73. The third-order valence-corrected chi connectivity index (χ3v) is 10.5. The lowest BCUT2D eigenvalue weighted by molar-refractivity contribution is -0.438. The maximum atomic E-state index is 13.6. The second kappa shape index (κ2) is 8.45. The molecule has 2 saturated heterocycles. The Labute approximate surface area is 236 Å². The van der Waals surface area contributed by atoms with Gasteiger partial charge < -0.3 is 39.4 Å². The smallest absolute Gasteiger partial charge is 0.314 e. The summed E-state index contributed by atoms with van der Waals surface area (Å²) >= 11 is 7.05. The summed E-state index contributed by atoms with van der Waals surface area (Å²) in [5, 5.41) is 44.4. The van der Waals surface area contributed by atoms with Gasteiger partial charge in [-0.3, -0.25) is 9.59 Å². The number of esters is 1. The number of hydrogen-bond donors (Lipinski definition) is 4. The van der Waals surface area contributed by atoms with E-state index < -0.39 is 88.2 Å². The van der Waals surface area contributed by atoms with Gasteiger partial charge in [0.1, 0.15) is 23.9 Å². The highest BCUT2D eigenvalue weighted by molar-refractivity contribution is 6.22. The molecule has 0 aromatic heterocycles. The van der Waals surface area contributed by atoms with Gasteiger partial charge in [-0.05, 0) is 25.0 Å². The molecule has 1 aromatic rings. The van der Waals surface area contributed by atoms with Crippen LogP contribution in [0.25, 0.3) is 0 Å². The second-order valence-electron chi connectivity index (χ2n) is 11.9. The largest absolute Gasteiger partial charge is 0.459 e. The van der Waals surface area contributed by atoms with Crippen molar-refractivity contribution in [1.29, 1.82) is 0 Å². The summed E-state index contributed by atoms with van der Waals surface area (Å²) in [5.74, 6) is -6.71. The van der Waals surface area contributed by atoms with Crippen molar-refractivity contribution in [2.45, 2.75) is 79.8 Å². The zero-order valence-corrected chi connectivity index (χ0v) is 23.3. The van der Waals surface area contributed by atoms with E-state index in [9.17, 15) is 30.0 Å². The summed E-state index contributed by atoms with van der Waals surface area (Å²) in [4.78, 5) is 26.1. The van der Waals surface area contributed by atoms with Gasteiger partial charge in [0.15, 0.2) is 17.0 Å². The molecule has 1 unspecified atom stereocenters. The third-order valence-electron chi connectivity index (χ3n) is 9.88. The molecule has 4 fully saturated rings. The molecule has 40 heavy (non-hydrogen) atoms. The predicted octanol–water partition coefficient (Wildman–Crippen LogP) is 1.08. The quantitative estimate of drug-likeness (QED) is 0.233. The standard InChI is InChI=1S/C29H33ClO10/c1-13(2)27-22(37-16(5)32)15(4)28-18-11-14(3)21(33)26(18,36)24(34)25(35,12-31)20(30)19(28)23(27)38-29(39-27,40-28)17-9-7-6-8-10-17/h6-11,15,18-20,22-24,31,34-36H,1,12H2,2-5H3/t15-,18-,19+,20-,22-,23-,24-,25+,26-,27+,28+,29?/m1/s1. The van der Waals surface area contributed by atoms with Crippen molar-refractivity contribution >= 4 is 23.4 Å². The summed E-state index contributed by atoms with van der Waals surface area (Å²) in [6, 6.07) is 8.74. The summed E-state index contributed by atoms with van der Waals surface area (Å²) < 4.78 is 26.2. The van der Waals surface area contributed by atoms with E-state index in [0.29, 0.717) is 11.1 Å². The molecule has 4 N–H and O–H groups in total. The first-order valence-corrected chi connectivity index (χ1v) is 13.7. The van der Waals surface area contributed by atoms with Gasteiger partial charge in [-0.1, -0.05) is 49.9 Å². The number of hydrogen-bond acceptors (Lipinski definition) is 10. The molecule has 0 radical (unpaired) electrons. The van der Waals surface area contributed by atoms with E-state index >= 15 is 0 Å². The Kier molecular flexibility index (Phi) is 5.92. The van der Waals surface area contributed by atoms with E-state index in [1.165, 1.54) is 19.9 Å². The van der Waals surface area contributed by atoms with Gasteiger partial charge in [-0.15, -0.1) is 11.6 Å². The number of alkyl halides is 1. The lowest BCUT2D eigenvalue weighted by Crippen LogP contribution is -2.76. The lowest BCUT2D eigenvalue weighted by Gasteiger charge is -2.62. The van der Waals surface area contributed by atoms with Gasteiger partial charge in [0.05, 0.1) is 17.6 Å². The SMILES string of the molecule is C=C(C)[C@@]12OC3(c4ccccc4)O[C@@H]1[C@@H]1[C@@H](Cl)[C@@](O)(CO)[C@@H](O)[C@]4(O)C(=O)C(C)=C[C@H]4[C@@]1(O3)[C@H](C)[C@H]2OC(C)=O. The molecule has 11 heteroatoms. The van der Waals surface area contributed by atoms with E-state index in [4.69, 9.17) is 30.5 Å². The van der Waals surface area contributed by atoms with Crippen LogP contribution in [0.1, 0.15) is 33.3 Å². The molecule has 10 nitrogen and oxygen atoms in total. The molecule has 2 aliphatic heterocycles. The van der Waals surface area contributed by atoms with Gasteiger partial charge in [0.2, 0.25) is 0 Å². The number of fused-ring (bicyclic) bond motifs is 2. The van der Waals surface area contributed by atoms with Gasteiger partial charge >= 0.3 is 11.9 Å². The molecule has 3 bridgehead atoms. The Morgan fingerprint density at radius 2 is 1.82 bits per heavy atom. The van der Waals surface area contributed by atoms with Crippen LogP contribution in [-0.4, -0.2) is 84.9 Å². The molecular formula is C29H33ClO10. The molecule has 1 aromatic carbocycles. The maximum absolute atomic E-state index is 13.6. The first-order valence-electron chi connectivity index (χ1n) is 13.3. The second-order valence-corrected chi connectivity index (χ2v) is 12.3. The van der Waals surface area contributed by atoms with Gasteiger partial charge in [0.25, 0.3) is 0 Å². The summed E-state index contributed by atoms with van der Waals surface area (Å²) in [5.41, 5.74) is -7.55. The number of Topliss-reactive ketones (excluding diaryl/α,β-unsaturated/α-hetero) is 1. The van der Waals surface area contributed by atoms with Crippen LogP contribution < -0.4 is 0 Å². The predicted molar refractivity (Wildman–Crippen MR) is 139 cm³/mol. The van der Waals surface area contributed by atoms with Crippen molar-refractivity contribution in [3.8, 4) is 0 Å². The van der Waals surface area contributed by atoms with Crippen molar-refractivity contribution in [1.82, 2.24) is 0 Å². The molecule has 5 aliphatic rings. The van der Waals surface area contributed by atoms with E-state index in [-0.39, 0.29) is 5.57 Å². The summed E-state index contributed by atoms with van der Waals surface area (Å²) in [6.45, 7) is 9.22. The number of rotatable bonds is 4. The average molecular weight is 577 g/mol. The van der Waals surface area contributed by atoms with Gasteiger partial charge in [-0.2, -0.15) is 0 Å². The monoisotopic (exact) mass is 576 g/mol. The molecule has 0 spiro atoms. The van der Waals surface area contributed by atoms with Crippen LogP contribution in [0, 0.1) is 17.8 Å². The van der Waals surface area contributed by atoms with Crippen LogP contribution in [0.4, 0.5) is 0 Å². The van der Waals surface area contributed by atoms with E-state index in [1.807, 2.05) is 0 Å². The number of carbonyl (C=O) groups is 2. The zero-order chi connectivity index (χ0) is 29.2. The lowest BCUT2D eigenvalue weighted by atomic mass is 9.53. The number of benzene rings is 1. The fraction of sp³-hybridized carbons (Fsp3) is 0.586. The van der Waals surface area contributed by atoms with Crippen LogP contribution in [0.5, 0.6) is 0 Å². The van der Waals surface area contributed by atoms with Gasteiger partial charge in [0, 0.05) is 30.2 Å². The third kappa shape index (κ3) is 2.93. The van der Waals surface area contributed by atoms with Crippen molar-refractivity contribution in [2.75, 3.05) is 6.61 Å². The Bertz CT molecular complexity index is 1330. The number of aliphatic hydroxyl groups excluding tert-OH is 2. The van der Waals surface area contributed by atoms with Crippen LogP contribution >= 0.6 is 11.6 Å². The van der Waals surface area contributed by atoms with Gasteiger partial charge in [-0.25, -0.2) is 0 Å².